The molecule has 1 amide bonds. The molecule has 18 heavy (non-hydrogen) atoms. The number of hydrogen-bond acceptors (Lipinski definition) is 2. The van der Waals surface area contributed by atoms with Crippen LogP contribution in [0.4, 0.5) is 4.79 Å². The van der Waals surface area contributed by atoms with Crippen LogP contribution >= 0.6 is 0 Å². The minimum Gasteiger partial charge on any atom is -0.445 e. The zero-order chi connectivity index (χ0) is 13.0. The molecule has 1 heterocycles. The lowest BCUT2D eigenvalue weighted by atomic mass is 9.89. The molecule has 0 radical (unpaired) electrons. The maximum absolute atomic E-state index is 11.9. The number of piperidine rings is 1. The zero-order valence-electron chi connectivity index (χ0n) is 11.1. The van der Waals surface area contributed by atoms with E-state index in [1.165, 1.54) is 0 Å². The van der Waals surface area contributed by atoms with Crippen LogP contribution in [-0.2, 0) is 11.3 Å². The van der Waals surface area contributed by atoms with Gasteiger partial charge in [-0.3, -0.25) is 0 Å². The van der Waals surface area contributed by atoms with Crippen LogP contribution in [0.5, 0.6) is 0 Å². The molecule has 1 saturated heterocycles. The summed E-state index contributed by atoms with van der Waals surface area (Å²) in [4.78, 5) is 13.8. The lowest BCUT2D eigenvalue weighted by Crippen LogP contribution is -2.42. The van der Waals surface area contributed by atoms with Crippen molar-refractivity contribution in [3.63, 3.8) is 0 Å². The maximum atomic E-state index is 11.9. The van der Waals surface area contributed by atoms with Gasteiger partial charge in [-0.2, -0.15) is 0 Å². The predicted octanol–water partition coefficient (Wildman–Crippen LogP) is 3.30. The first-order valence-corrected chi connectivity index (χ1v) is 6.62. The molecule has 1 aromatic rings. The summed E-state index contributed by atoms with van der Waals surface area (Å²) in [5.74, 6) is 1.26. The van der Waals surface area contributed by atoms with E-state index in [9.17, 15) is 4.79 Å². The fourth-order valence-corrected chi connectivity index (χ4v) is 2.24. The van der Waals surface area contributed by atoms with Crippen LogP contribution in [0, 0.1) is 11.8 Å². The van der Waals surface area contributed by atoms with Gasteiger partial charge >= 0.3 is 6.09 Å². The molecule has 0 aromatic heterocycles. The first-order valence-electron chi connectivity index (χ1n) is 6.62. The van der Waals surface area contributed by atoms with Crippen LogP contribution in [0.2, 0.25) is 0 Å². The van der Waals surface area contributed by atoms with Gasteiger partial charge in [0.1, 0.15) is 6.61 Å². The third kappa shape index (κ3) is 3.25. The summed E-state index contributed by atoms with van der Waals surface area (Å²) >= 11 is 0. The van der Waals surface area contributed by atoms with Gasteiger partial charge in [0.05, 0.1) is 0 Å². The third-order valence-corrected chi connectivity index (χ3v) is 3.80. The van der Waals surface area contributed by atoms with Gasteiger partial charge in [-0.25, -0.2) is 4.79 Å². The molecule has 0 N–H and O–H groups in total. The summed E-state index contributed by atoms with van der Waals surface area (Å²) in [6.45, 7) is 6.44. The van der Waals surface area contributed by atoms with E-state index >= 15 is 0 Å². The van der Waals surface area contributed by atoms with E-state index in [0.29, 0.717) is 18.4 Å². The lowest BCUT2D eigenvalue weighted by molar-refractivity contribution is 0.0703. The molecule has 0 bridgehead atoms. The average molecular weight is 247 g/mol. The van der Waals surface area contributed by atoms with Crippen molar-refractivity contribution >= 4 is 6.09 Å². The smallest absolute Gasteiger partial charge is 0.410 e. The van der Waals surface area contributed by atoms with Gasteiger partial charge in [0, 0.05) is 13.1 Å². The van der Waals surface area contributed by atoms with Crippen molar-refractivity contribution in [3.8, 4) is 0 Å². The van der Waals surface area contributed by atoms with Crippen LogP contribution in [0.25, 0.3) is 0 Å². The Bertz CT molecular complexity index is 391. The van der Waals surface area contributed by atoms with Gasteiger partial charge in [0.15, 0.2) is 0 Å². The highest BCUT2D eigenvalue weighted by Crippen LogP contribution is 2.22. The van der Waals surface area contributed by atoms with Crippen LogP contribution in [0.3, 0.4) is 0 Å². The van der Waals surface area contributed by atoms with E-state index in [1.54, 1.807) is 0 Å². The SMILES string of the molecule is CC1CCN(C(=O)OCc2ccccc2)CC1C. The Balaban J connectivity index is 1.82. The first-order chi connectivity index (χ1) is 8.66. The Morgan fingerprint density at radius 2 is 2.00 bits per heavy atom. The molecule has 2 rings (SSSR count). The maximum Gasteiger partial charge on any atom is 0.410 e. The molecule has 0 saturated carbocycles. The number of carbonyl (C=O) groups excluding carboxylic acids is 1. The molecule has 1 fully saturated rings. The predicted molar refractivity (Wildman–Crippen MR) is 71.1 cm³/mol. The molecule has 98 valence electrons. The highest BCUT2D eigenvalue weighted by Gasteiger charge is 2.26. The zero-order valence-corrected chi connectivity index (χ0v) is 11.1. The number of ether oxygens (including phenoxy) is 1. The Labute approximate surface area is 109 Å². The molecule has 3 heteroatoms. The average Bonchev–Trinajstić information content (AvgIpc) is 2.40. The molecule has 1 aromatic carbocycles. The van der Waals surface area contributed by atoms with E-state index in [0.717, 1.165) is 25.1 Å². The van der Waals surface area contributed by atoms with Crippen molar-refractivity contribution in [2.24, 2.45) is 11.8 Å². The fourth-order valence-electron chi connectivity index (χ4n) is 2.24. The second-order valence-corrected chi connectivity index (χ2v) is 5.23. The van der Waals surface area contributed by atoms with E-state index < -0.39 is 0 Å². The molecular weight excluding hydrogens is 226 g/mol. The Hall–Kier alpha value is -1.51. The van der Waals surface area contributed by atoms with E-state index in [1.807, 2.05) is 35.2 Å². The van der Waals surface area contributed by atoms with Crippen LogP contribution < -0.4 is 0 Å². The molecule has 2 atom stereocenters. The second kappa shape index (κ2) is 5.89. The minimum absolute atomic E-state index is 0.183. The standard InChI is InChI=1S/C15H21NO2/c1-12-8-9-16(10-13(12)2)15(17)18-11-14-6-4-3-5-7-14/h3-7,12-13H,8-11H2,1-2H3. The summed E-state index contributed by atoms with van der Waals surface area (Å²) < 4.78 is 5.34. The largest absolute Gasteiger partial charge is 0.445 e. The molecule has 2 unspecified atom stereocenters. The lowest BCUT2D eigenvalue weighted by Gasteiger charge is -2.34. The number of carbonyl (C=O) groups is 1. The highest BCUT2D eigenvalue weighted by atomic mass is 16.6. The Morgan fingerprint density at radius 3 is 2.67 bits per heavy atom. The van der Waals surface area contributed by atoms with Crippen LogP contribution in [-0.4, -0.2) is 24.1 Å². The van der Waals surface area contributed by atoms with Crippen LogP contribution in [0.15, 0.2) is 30.3 Å². The van der Waals surface area contributed by atoms with Gasteiger partial charge in [-0.1, -0.05) is 44.2 Å². The van der Waals surface area contributed by atoms with Gasteiger partial charge in [0.2, 0.25) is 0 Å². The number of benzene rings is 1. The minimum atomic E-state index is -0.183. The van der Waals surface area contributed by atoms with Gasteiger partial charge < -0.3 is 9.64 Å². The first kappa shape index (κ1) is 12.9. The molecule has 0 spiro atoms. The van der Waals surface area contributed by atoms with E-state index in [2.05, 4.69) is 13.8 Å². The van der Waals surface area contributed by atoms with Crippen LogP contribution in [0.1, 0.15) is 25.8 Å². The van der Waals surface area contributed by atoms with E-state index in [4.69, 9.17) is 4.74 Å². The third-order valence-electron chi connectivity index (χ3n) is 3.80. The summed E-state index contributed by atoms with van der Waals surface area (Å²) in [6.07, 6.45) is 0.888. The Morgan fingerprint density at radius 1 is 1.28 bits per heavy atom. The monoisotopic (exact) mass is 247 g/mol. The number of rotatable bonds is 2. The van der Waals surface area contributed by atoms with Crippen molar-refractivity contribution in [2.75, 3.05) is 13.1 Å². The number of nitrogens with zero attached hydrogens (tertiary/aromatic N) is 1. The highest BCUT2D eigenvalue weighted by molar-refractivity contribution is 5.67. The van der Waals surface area contributed by atoms with Crippen molar-refractivity contribution < 1.29 is 9.53 Å². The van der Waals surface area contributed by atoms with Crippen molar-refractivity contribution in [1.29, 1.82) is 0 Å². The quantitative estimate of drug-likeness (QED) is 0.802. The Kier molecular flexibility index (Phi) is 4.24. The van der Waals surface area contributed by atoms with Gasteiger partial charge in [-0.05, 0) is 23.8 Å². The summed E-state index contributed by atoms with van der Waals surface area (Å²) in [7, 11) is 0. The summed E-state index contributed by atoms with van der Waals surface area (Å²) in [5, 5.41) is 0. The number of amides is 1. The van der Waals surface area contributed by atoms with E-state index in [-0.39, 0.29) is 6.09 Å². The molecule has 1 aliphatic heterocycles. The molecule has 1 aliphatic rings. The number of hydrogen-bond donors (Lipinski definition) is 0. The fraction of sp³-hybridized carbons (Fsp3) is 0.533. The normalized spacial score (nSPS) is 23.8. The molecular formula is C15H21NO2. The summed E-state index contributed by atoms with van der Waals surface area (Å²) in [5.41, 5.74) is 1.03. The van der Waals surface area contributed by atoms with Gasteiger partial charge in [0.25, 0.3) is 0 Å². The molecule has 3 nitrogen and oxygen atoms in total. The van der Waals surface area contributed by atoms with Crippen molar-refractivity contribution in [1.82, 2.24) is 4.90 Å². The molecule has 0 aliphatic carbocycles. The van der Waals surface area contributed by atoms with Crippen molar-refractivity contribution in [3.05, 3.63) is 35.9 Å². The van der Waals surface area contributed by atoms with Crippen molar-refractivity contribution in [2.45, 2.75) is 26.9 Å². The van der Waals surface area contributed by atoms with Gasteiger partial charge in [-0.15, -0.1) is 0 Å². The number of likely N-dealkylation sites (tertiary alicyclic amines) is 1. The topological polar surface area (TPSA) is 29.5 Å². The summed E-state index contributed by atoms with van der Waals surface area (Å²) in [6, 6.07) is 9.79. The second-order valence-electron chi connectivity index (χ2n) is 5.23.